The van der Waals surface area contributed by atoms with Crippen molar-refractivity contribution in [2.75, 3.05) is 32.7 Å². The first-order valence-electron chi connectivity index (χ1n) is 14.7. The van der Waals surface area contributed by atoms with Crippen molar-refractivity contribution in [1.29, 1.82) is 0 Å². The molecule has 9 heteroatoms. The smallest absolute Gasteiger partial charge is 0.252 e. The number of hydrogen-bond donors (Lipinski definition) is 2. The van der Waals surface area contributed by atoms with Crippen LogP contribution in [0.5, 0.6) is 0 Å². The van der Waals surface area contributed by atoms with E-state index in [-0.39, 0.29) is 25.4 Å². The molecular weight excluding hydrogens is 538 g/mol. The van der Waals surface area contributed by atoms with Crippen LogP contribution >= 0.6 is 11.6 Å². The number of hydrogen-bond acceptors (Lipinski definition) is 5. The van der Waals surface area contributed by atoms with Gasteiger partial charge in [0.15, 0.2) is 0 Å². The molecule has 2 aliphatic rings. The summed E-state index contributed by atoms with van der Waals surface area (Å²) in [4.78, 5) is 49.2. The molecule has 218 valence electrons. The van der Waals surface area contributed by atoms with Crippen molar-refractivity contribution in [2.24, 2.45) is 0 Å². The average Bonchev–Trinajstić information content (AvgIpc) is 3.39. The van der Waals surface area contributed by atoms with Crippen LogP contribution in [-0.4, -0.2) is 82.2 Å². The van der Waals surface area contributed by atoms with Crippen molar-refractivity contribution in [3.05, 3.63) is 70.9 Å². The summed E-state index contributed by atoms with van der Waals surface area (Å²) in [5, 5.41) is 4.46. The Labute approximate surface area is 247 Å². The number of aromatic nitrogens is 1. The van der Waals surface area contributed by atoms with E-state index in [2.05, 4.69) is 20.1 Å². The molecule has 1 atom stereocenters. The SMILES string of the molecule is CC(=O)N(Cc1ccccc1Cl)C(=O)C(Cc1c[nH]c2ccccc12)NC(=O)CN1CCN(C2CCCCC2)CC1. The maximum Gasteiger partial charge on any atom is 0.252 e. The number of H-pyrrole nitrogens is 1. The second-order valence-electron chi connectivity index (χ2n) is 11.3. The summed E-state index contributed by atoms with van der Waals surface area (Å²) >= 11 is 6.36. The summed E-state index contributed by atoms with van der Waals surface area (Å²) < 4.78 is 0. The van der Waals surface area contributed by atoms with E-state index in [1.807, 2.05) is 36.5 Å². The minimum absolute atomic E-state index is 0.0389. The molecule has 0 bridgehead atoms. The highest BCUT2D eigenvalue weighted by Crippen LogP contribution is 2.24. The Bertz CT molecular complexity index is 1360. The molecule has 0 radical (unpaired) electrons. The van der Waals surface area contributed by atoms with Crippen LogP contribution in [0.3, 0.4) is 0 Å². The van der Waals surface area contributed by atoms with Gasteiger partial charge in [0.2, 0.25) is 11.8 Å². The third-order valence-corrected chi connectivity index (χ3v) is 8.90. The summed E-state index contributed by atoms with van der Waals surface area (Å²) in [6.07, 6.45) is 8.65. The fourth-order valence-electron chi connectivity index (χ4n) is 6.23. The number of fused-ring (bicyclic) bond motifs is 1. The number of benzene rings is 2. The zero-order valence-corrected chi connectivity index (χ0v) is 24.5. The summed E-state index contributed by atoms with van der Waals surface area (Å²) in [5.74, 6) is -1.05. The van der Waals surface area contributed by atoms with Gasteiger partial charge >= 0.3 is 0 Å². The molecule has 2 fully saturated rings. The van der Waals surface area contributed by atoms with Gasteiger partial charge in [-0.15, -0.1) is 0 Å². The molecular formula is C32H40ClN5O3. The molecule has 3 aromatic rings. The predicted octanol–water partition coefficient (Wildman–Crippen LogP) is 4.37. The molecule has 2 heterocycles. The van der Waals surface area contributed by atoms with Gasteiger partial charge in [0.25, 0.3) is 5.91 Å². The molecule has 1 unspecified atom stereocenters. The lowest BCUT2D eigenvalue weighted by Gasteiger charge is -2.40. The monoisotopic (exact) mass is 577 g/mol. The number of carbonyl (C=O) groups excluding carboxylic acids is 3. The topological polar surface area (TPSA) is 88.8 Å². The Morgan fingerprint density at radius 1 is 0.976 bits per heavy atom. The lowest BCUT2D eigenvalue weighted by Crippen LogP contribution is -2.55. The summed E-state index contributed by atoms with van der Waals surface area (Å²) in [7, 11) is 0. The summed E-state index contributed by atoms with van der Waals surface area (Å²) in [6.45, 7) is 5.22. The molecule has 2 N–H and O–H groups in total. The number of imide groups is 1. The lowest BCUT2D eigenvalue weighted by atomic mass is 9.94. The van der Waals surface area contributed by atoms with Crippen molar-refractivity contribution in [2.45, 2.75) is 64.1 Å². The van der Waals surface area contributed by atoms with Crippen LogP contribution in [0.4, 0.5) is 0 Å². The van der Waals surface area contributed by atoms with Crippen LogP contribution in [0.1, 0.15) is 50.2 Å². The number of nitrogens with zero attached hydrogens (tertiary/aromatic N) is 3. The molecule has 2 aromatic carbocycles. The maximum absolute atomic E-state index is 13.9. The normalized spacial score (nSPS) is 17.8. The Morgan fingerprint density at radius 3 is 2.41 bits per heavy atom. The minimum atomic E-state index is -0.906. The highest BCUT2D eigenvalue weighted by Gasteiger charge is 2.31. The molecule has 1 aliphatic heterocycles. The van der Waals surface area contributed by atoms with Crippen LogP contribution < -0.4 is 5.32 Å². The molecule has 1 aliphatic carbocycles. The third kappa shape index (κ3) is 7.36. The number of aromatic amines is 1. The largest absolute Gasteiger partial charge is 0.361 e. The van der Waals surface area contributed by atoms with Gasteiger partial charge in [0.1, 0.15) is 6.04 Å². The molecule has 41 heavy (non-hydrogen) atoms. The summed E-state index contributed by atoms with van der Waals surface area (Å²) in [6, 6.07) is 14.8. The number of rotatable bonds is 9. The highest BCUT2D eigenvalue weighted by atomic mass is 35.5. The van der Waals surface area contributed by atoms with Crippen molar-refractivity contribution in [3.63, 3.8) is 0 Å². The van der Waals surface area contributed by atoms with Crippen LogP contribution in [0, 0.1) is 0 Å². The molecule has 5 rings (SSSR count). The van der Waals surface area contributed by atoms with Crippen molar-refractivity contribution in [1.82, 2.24) is 25.0 Å². The first-order chi connectivity index (χ1) is 19.9. The fourth-order valence-corrected chi connectivity index (χ4v) is 6.42. The van der Waals surface area contributed by atoms with Gasteiger partial charge in [0, 0.05) is 67.7 Å². The van der Waals surface area contributed by atoms with E-state index in [0.29, 0.717) is 16.6 Å². The van der Waals surface area contributed by atoms with Crippen LogP contribution in [0.2, 0.25) is 5.02 Å². The second-order valence-corrected chi connectivity index (χ2v) is 11.7. The zero-order valence-electron chi connectivity index (χ0n) is 23.8. The number of piperazine rings is 1. The van der Waals surface area contributed by atoms with E-state index >= 15 is 0 Å². The Morgan fingerprint density at radius 2 is 1.68 bits per heavy atom. The van der Waals surface area contributed by atoms with Crippen molar-refractivity contribution in [3.8, 4) is 0 Å². The molecule has 1 saturated carbocycles. The zero-order chi connectivity index (χ0) is 28.8. The van der Waals surface area contributed by atoms with E-state index in [9.17, 15) is 14.4 Å². The van der Waals surface area contributed by atoms with Gasteiger partial charge < -0.3 is 10.3 Å². The highest BCUT2D eigenvalue weighted by molar-refractivity contribution is 6.31. The first-order valence-corrected chi connectivity index (χ1v) is 15.1. The Kier molecular flexibility index (Phi) is 9.75. The average molecular weight is 578 g/mol. The van der Waals surface area contributed by atoms with Gasteiger partial charge in [-0.1, -0.05) is 67.3 Å². The van der Waals surface area contributed by atoms with Crippen LogP contribution in [0.15, 0.2) is 54.7 Å². The Balaban J connectivity index is 1.29. The molecule has 8 nitrogen and oxygen atoms in total. The molecule has 1 saturated heterocycles. The number of carbonyl (C=O) groups is 3. The van der Waals surface area contributed by atoms with E-state index in [4.69, 9.17) is 11.6 Å². The Hall–Kier alpha value is -3.20. The molecule has 3 amide bonds. The maximum atomic E-state index is 13.9. The van der Waals surface area contributed by atoms with Gasteiger partial charge in [-0.3, -0.25) is 29.1 Å². The number of para-hydroxylation sites is 1. The van der Waals surface area contributed by atoms with Gasteiger partial charge in [-0.25, -0.2) is 0 Å². The van der Waals surface area contributed by atoms with Gasteiger partial charge in [0.05, 0.1) is 13.1 Å². The second kappa shape index (κ2) is 13.6. The quantitative estimate of drug-likeness (QED) is 0.394. The van der Waals surface area contributed by atoms with Crippen LogP contribution in [0.25, 0.3) is 10.9 Å². The van der Waals surface area contributed by atoms with Crippen molar-refractivity contribution < 1.29 is 14.4 Å². The van der Waals surface area contributed by atoms with E-state index in [1.165, 1.54) is 43.9 Å². The third-order valence-electron chi connectivity index (χ3n) is 8.53. The predicted molar refractivity (Wildman–Crippen MR) is 162 cm³/mol. The first kappa shape index (κ1) is 29.3. The molecule has 1 aromatic heterocycles. The number of amides is 3. The van der Waals surface area contributed by atoms with E-state index in [1.54, 1.807) is 18.2 Å². The number of halogens is 1. The fraction of sp³-hybridized carbons (Fsp3) is 0.469. The van der Waals surface area contributed by atoms with E-state index < -0.39 is 17.9 Å². The minimum Gasteiger partial charge on any atom is -0.361 e. The van der Waals surface area contributed by atoms with Gasteiger partial charge in [-0.05, 0) is 36.1 Å². The van der Waals surface area contributed by atoms with Gasteiger partial charge in [-0.2, -0.15) is 0 Å². The van der Waals surface area contributed by atoms with Crippen LogP contribution in [-0.2, 0) is 27.3 Å². The number of nitrogens with one attached hydrogen (secondary N) is 2. The molecule has 0 spiro atoms. The van der Waals surface area contributed by atoms with E-state index in [0.717, 1.165) is 42.6 Å². The standard InChI is InChI=1S/C32H40ClN5O3/c1-23(39)38(21-24-9-5-7-13-28(24)33)32(41)30(19-25-20-34-29-14-8-6-12-27(25)29)35-31(40)22-36-15-17-37(18-16-36)26-10-3-2-4-11-26/h5-9,12-14,20,26,30,34H,2-4,10-11,15-19,21-22H2,1H3,(H,35,40). The lowest BCUT2D eigenvalue weighted by molar-refractivity contribution is -0.147. The van der Waals surface area contributed by atoms with Crippen molar-refractivity contribution >= 4 is 40.2 Å². The summed E-state index contributed by atoms with van der Waals surface area (Å²) in [5.41, 5.74) is 2.53.